The molecule has 1 fully saturated rings. The summed E-state index contributed by atoms with van der Waals surface area (Å²) in [5.41, 5.74) is 0.545. The van der Waals surface area contributed by atoms with Crippen LogP contribution in [0.3, 0.4) is 0 Å². The van der Waals surface area contributed by atoms with E-state index in [0.29, 0.717) is 17.4 Å². The lowest BCUT2D eigenvalue weighted by atomic mass is 9.94. The van der Waals surface area contributed by atoms with Crippen molar-refractivity contribution in [1.29, 1.82) is 0 Å². The summed E-state index contributed by atoms with van der Waals surface area (Å²) in [6.45, 7) is 4.99. The molecule has 0 bridgehead atoms. The monoisotopic (exact) mass is 505 g/mol. The number of halogens is 3. The zero-order valence-corrected chi connectivity index (χ0v) is 20.3. The molecule has 1 N–H and O–H groups in total. The van der Waals surface area contributed by atoms with Crippen molar-refractivity contribution in [3.8, 4) is 5.75 Å². The highest BCUT2D eigenvalue weighted by Gasteiger charge is 2.48. The average Bonchev–Trinajstić information content (AvgIpc) is 3.17. The fraction of sp³-hybridized carbons (Fsp3) is 0.520. The molecular formula is C25H30F3N5O3. The predicted octanol–water partition coefficient (Wildman–Crippen LogP) is 4.69. The standard InChI is InChI=1S/C25H30F3N5O3/c1-3-4-17-14-29-24(30-15-17)32-11-9-20(10-12-32)36-19-7-5-18(6-8-19)33-21(13-22(34)35)16(2)23(31-33)25(26,27)28/h5-8,14-16,20-21H,3-4,9-13H2,1-2H3,(H,34,35)/t16-,21-/m0/s1. The van der Waals surface area contributed by atoms with Crippen LogP contribution in [0.1, 0.15) is 45.1 Å². The Morgan fingerprint density at radius 2 is 1.78 bits per heavy atom. The molecule has 4 rings (SSSR count). The maximum Gasteiger partial charge on any atom is 0.431 e. The second kappa shape index (κ2) is 10.7. The lowest BCUT2D eigenvalue weighted by Gasteiger charge is -2.32. The SMILES string of the molecule is CCCc1cnc(N2CCC(Oc3ccc(N4N=C(C(F)(F)F)[C@@H](C)[C@@H]4CC(=O)O)cc3)CC2)nc1. The number of carboxylic acids is 1. The third kappa shape index (κ3) is 5.88. The van der Waals surface area contributed by atoms with Gasteiger partial charge < -0.3 is 14.7 Å². The van der Waals surface area contributed by atoms with Gasteiger partial charge in [0.05, 0.1) is 18.2 Å². The van der Waals surface area contributed by atoms with Crippen molar-refractivity contribution in [3.05, 3.63) is 42.2 Å². The third-order valence-corrected chi connectivity index (χ3v) is 6.57. The molecule has 2 atom stereocenters. The summed E-state index contributed by atoms with van der Waals surface area (Å²) in [6, 6.07) is 5.66. The van der Waals surface area contributed by atoms with Gasteiger partial charge in [-0.05, 0) is 36.2 Å². The molecule has 36 heavy (non-hydrogen) atoms. The summed E-state index contributed by atoms with van der Waals surface area (Å²) in [4.78, 5) is 22.4. The first kappa shape index (κ1) is 25.7. The molecule has 8 nitrogen and oxygen atoms in total. The summed E-state index contributed by atoms with van der Waals surface area (Å²) in [5, 5.41) is 14.1. The van der Waals surface area contributed by atoms with E-state index in [4.69, 9.17) is 4.74 Å². The van der Waals surface area contributed by atoms with Crippen LogP contribution in [0.25, 0.3) is 0 Å². The van der Waals surface area contributed by atoms with Crippen LogP contribution in [0.15, 0.2) is 41.8 Å². The molecule has 0 aliphatic carbocycles. The Labute approximate surface area is 207 Å². The second-order valence-electron chi connectivity index (χ2n) is 9.22. The van der Waals surface area contributed by atoms with Gasteiger partial charge in [-0.25, -0.2) is 9.97 Å². The van der Waals surface area contributed by atoms with E-state index >= 15 is 0 Å². The molecule has 0 saturated carbocycles. The first-order valence-corrected chi connectivity index (χ1v) is 12.1. The van der Waals surface area contributed by atoms with Crippen LogP contribution in [0.4, 0.5) is 24.8 Å². The molecular weight excluding hydrogens is 475 g/mol. The van der Waals surface area contributed by atoms with Gasteiger partial charge in [0.1, 0.15) is 17.6 Å². The van der Waals surface area contributed by atoms with Crippen LogP contribution >= 0.6 is 0 Å². The van der Waals surface area contributed by atoms with Gasteiger partial charge >= 0.3 is 12.1 Å². The van der Waals surface area contributed by atoms with E-state index in [-0.39, 0.29) is 6.10 Å². The normalized spacial score (nSPS) is 21.0. The third-order valence-electron chi connectivity index (χ3n) is 6.57. The van der Waals surface area contributed by atoms with E-state index in [9.17, 15) is 23.1 Å². The Balaban J connectivity index is 1.37. The smallest absolute Gasteiger partial charge is 0.431 e. The molecule has 0 spiro atoms. The zero-order valence-electron chi connectivity index (χ0n) is 20.3. The number of alkyl halides is 3. The van der Waals surface area contributed by atoms with Crippen molar-refractivity contribution in [2.75, 3.05) is 23.0 Å². The van der Waals surface area contributed by atoms with Crippen LogP contribution in [-0.4, -0.2) is 58.2 Å². The molecule has 2 aliphatic heterocycles. The number of carboxylic acid groups (broad SMARTS) is 1. The molecule has 0 unspecified atom stereocenters. The molecule has 11 heteroatoms. The number of aromatic nitrogens is 2. The minimum atomic E-state index is -4.62. The summed E-state index contributed by atoms with van der Waals surface area (Å²) >= 11 is 0. The number of piperidine rings is 1. The van der Waals surface area contributed by atoms with Gasteiger partial charge in [0, 0.05) is 44.2 Å². The largest absolute Gasteiger partial charge is 0.490 e. The van der Waals surface area contributed by atoms with Gasteiger partial charge in [0.25, 0.3) is 0 Å². The van der Waals surface area contributed by atoms with E-state index in [1.165, 1.54) is 6.92 Å². The van der Waals surface area contributed by atoms with Gasteiger partial charge in [-0.1, -0.05) is 20.3 Å². The number of hydrogen-bond acceptors (Lipinski definition) is 7. The van der Waals surface area contributed by atoms with Crippen LogP contribution < -0.4 is 14.6 Å². The summed E-state index contributed by atoms with van der Waals surface area (Å²) in [5.74, 6) is -0.926. The van der Waals surface area contributed by atoms with Crippen LogP contribution in [0.2, 0.25) is 0 Å². The van der Waals surface area contributed by atoms with Crippen molar-refractivity contribution in [3.63, 3.8) is 0 Å². The molecule has 194 valence electrons. The molecule has 0 radical (unpaired) electrons. The second-order valence-corrected chi connectivity index (χ2v) is 9.22. The van der Waals surface area contributed by atoms with E-state index in [1.807, 2.05) is 12.4 Å². The quantitative estimate of drug-likeness (QED) is 0.556. The minimum absolute atomic E-state index is 0.00659. The van der Waals surface area contributed by atoms with Crippen LogP contribution in [-0.2, 0) is 11.2 Å². The zero-order chi connectivity index (χ0) is 25.9. The lowest BCUT2D eigenvalue weighted by Crippen LogP contribution is -2.39. The summed E-state index contributed by atoms with van der Waals surface area (Å²) in [6.07, 6.45) is 2.25. The topological polar surface area (TPSA) is 91.2 Å². The number of rotatable bonds is 8. The van der Waals surface area contributed by atoms with Gasteiger partial charge in [-0.15, -0.1) is 0 Å². The molecule has 1 aromatic carbocycles. The van der Waals surface area contributed by atoms with Crippen molar-refractivity contribution in [1.82, 2.24) is 9.97 Å². The van der Waals surface area contributed by atoms with Gasteiger partial charge in [0.15, 0.2) is 0 Å². The fourth-order valence-corrected chi connectivity index (χ4v) is 4.65. The van der Waals surface area contributed by atoms with Crippen LogP contribution in [0.5, 0.6) is 5.75 Å². The molecule has 3 heterocycles. The van der Waals surface area contributed by atoms with Crippen molar-refractivity contribution < 1.29 is 27.8 Å². The Kier molecular flexibility index (Phi) is 7.65. The molecule has 2 aliphatic rings. The molecule has 1 aromatic heterocycles. The maximum absolute atomic E-state index is 13.4. The molecule has 2 aromatic rings. The number of hydrogen-bond donors (Lipinski definition) is 1. The number of nitrogens with zero attached hydrogens (tertiary/aromatic N) is 5. The number of hydrazone groups is 1. The fourth-order valence-electron chi connectivity index (χ4n) is 4.65. The van der Waals surface area contributed by atoms with E-state index < -0.39 is 36.2 Å². The Bertz CT molecular complexity index is 1070. The minimum Gasteiger partial charge on any atom is -0.490 e. The lowest BCUT2D eigenvalue weighted by molar-refractivity contribution is -0.137. The Morgan fingerprint density at radius 1 is 1.14 bits per heavy atom. The Morgan fingerprint density at radius 3 is 2.33 bits per heavy atom. The van der Waals surface area contributed by atoms with Gasteiger partial charge in [-0.2, -0.15) is 18.3 Å². The van der Waals surface area contributed by atoms with E-state index in [0.717, 1.165) is 49.3 Å². The van der Waals surface area contributed by atoms with E-state index in [2.05, 4.69) is 26.9 Å². The van der Waals surface area contributed by atoms with Gasteiger partial charge in [0.2, 0.25) is 5.95 Å². The number of aliphatic carboxylic acids is 1. The van der Waals surface area contributed by atoms with Crippen molar-refractivity contribution in [2.45, 2.75) is 64.3 Å². The molecule has 1 saturated heterocycles. The van der Waals surface area contributed by atoms with Crippen molar-refractivity contribution in [2.24, 2.45) is 11.0 Å². The Hall–Kier alpha value is -3.37. The number of ether oxygens (including phenoxy) is 1. The van der Waals surface area contributed by atoms with Crippen LogP contribution in [0, 0.1) is 5.92 Å². The molecule has 0 amide bonds. The highest BCUT2D eigenvalue weighted by Crippen LogP contribution is 2.37. The average molecular weight is 506 g/mol. The maximum atomic E-state index is 13.4. The van der Waals surface area contributed by atoms with E-state index in [1.54, 1.807) is 24.3 Å². The summed E-state index contributed by atoms with van der Waals surface area (Å²) < 4.78 is 46.3. The number of carbonyl (C=O) groups is 1. The van der Waals surface area contributed by atoms with Gasteiger partial charge in [-0.3, -0.25) is 9.80 Å². The first-order valence-electron chi connectivity index (χ1n) is 12.1. The number of aryl methyl sites for hydroxylation is 1. The highest BCUT2D eigenvalue weighted by atomic mass is 19.4. The highest BCUT2D eigenvalue weighted by molar-refractivity contribution is 5.95. The predicted molar refractivity (Wildman–Crippen MR) is 130 cm³/mol. The number of anilines is 2. The summed E-state index contributed by atoms with van der Waals surface area (Å²) in [7, 11) is 0. The first-order chi connectivity index (χ1) is 17.2. The number of benzene rings is 1. The van der Waals surface area contributed by atoms with Crippen molar-refractivity contribution >= 4 is 23.3 Å².